The van der Waals surface area contributed by atoms with Crippen molar-refractivity contribution in [1.29, 1.82) is 0 Å². The van der Waals surface area contributed by atoms with Crippen molar-refractivity contribution in [3.8, 4) is 0 Å². The average Bonchev–Trinajstić information content (AvgIpc) is 2.96. The number of carbonyl (C=O) groups excluding carboxylic acids is 5. The van der Waals surface area contributed by atoms with Crippen molar-refractivity contribution >= 4 is 40.2 Å². The molecule has 0 radical (unpaired) electrons. The third-order valence-corrected chi connectivity index (χ3v) is 7.00. The van der Waals surface area contributed by atoms with Crippen LogP contribution in [0.5, 0.6) is 0 Å². The van der Waals surface area contributed by atoms with Crippen LogP contribution in [-0.2, 0) is 27.2 Å². The minimum atomic E-state index is -0.641. The molecule has 9 nitrogen and oxygen atoms in total. The molecule has 3 aromatic carbocycles. The van der Waals surface area contributed by atoms with E-state index in [-0.39, 0.29) is 36.5 Å². The van der Waals surface area contributed by atoms with Gasteiger partial charge in [0.25, 0.3) is 17.7 Å². The summed E-state index contributed by atoms with van der Waals surface area (Å²) in [4.78, 5) is 61.5. The number of nitrogens with one attached hydrogen (secondary N) is 4. The lowest BCUT2D eigenvalue weighted by Gasteiger charge is -2.19. The van der Waals surface area contributed by atoms with Crippen LogP contribution in [0.2, 0.25) is 0 Å². The van der Waals surface area contributed by atoms with E-state index in [9.17, 15) is 24.0 Å². The van der Waals surface area contributed by atoms with Crippen LogP contribution in [0.4, 0.5) is 0 Å². The van der Waals surface area contributed by atoms with Gasteiger partial charge in [-0.05, 0) is 85.2 Å². The maximum Gasteiger partial charge on any atom is 0.262 e. The van der Waals surface area contributed by atoms with Gasteiger partial charge in [-0.1, -0.05) is 42.5 Å². The Bertz CT molecular complexity index is 1530. The molecule has 0 aliphatic carbocycles. The summed E-state index contributed by atoms with van der Waals surface area (Å²) in [6.07, 6.45) is 4.94. The molecular weight excluding hydrogens is 520 g/mol. The number of ketones is 1. The summed E-state index contributed by atoms with van der Waals surface area (Å²) in [6, 6.07) is 17.0. The number of carbonyl (C=O) groups is 5. The normalized spacial score (nSPS) is 15.8. The van der Waals surface area contributed by atoms with E-state index in [0.29, 0.717) is 23.2 Å². The summed E-state index contributed by atoms with van der Waals surface area (Å²) in [5.74, 6) is -2.03. The number of rotatable bonds is 5. The fraction of sp³-hybridized carbons (Fsp3) is 0.281. The Morgan fingerprint density at radius 3 is 2.59 bits per heavy atom. The lowest BCUT2D eigenvalue weighted by Crippen LogP contribution is -2.41. The summed E-state index contributed by atoms with van der Waals surface area (Å²) < 4.78 is 0. The predicted octanol–water partition coefficient (Wildman–Crippen LogP) is 3.62. The molecule has 4 amide bonds. The van der Waals surface area contributed by atoms with E-state index < -0.39 is 11.8 Å². The second-order valence-electron chi connectivity index (χ2n) is 10.2. The third-order valence-electron chi connectivity index (χ3n) is 7.00. The molecule has 4 N–H and O–H groups in total. The number of hydrogen-bond donors (Lipinski definition) is 4. The Balaban J connectivity index is 1.57. The Hall–Kier alpha value is -4.79. The second kappa shape index (κ2) is 13.5. The van der Waals surface area contributed by atoms with Gasteiger partial charge in [0.2, 0.25) is 5.91 Å². The van der Waals surface area contributed by atoms with Crippen LogP contribution in [0, 0.1) is 0 Å². The first-order valence-electron chi connectivity index (χ1n) is 13.7. The molecule has 212 valence electrons. The summed E-state index contributed by atoms with van der Waals surface area (Å²) >= 11 is 0. The number of hydrogen-bond acceptors (Lipinski definition) is 5. The highest BCUT2D eigenvalue weighted by Crippen LogP contribution is 2.27. The van der Waals surface area contributed by atoms with E-state index in [4.69, 9.17) is 0 Å². The minimum Gasteiger partial charge on any atom is -0.352 e. The van der Waals surface area contributed by atoms with Crippen molar-refractivity contribution in [1.82, 2.24) is 21.5 Å². The fourth-order valence-corrected chi connectivity index (χ4v) is 4.81. The number of fused-ring (bicyclic) bond motifs is 3. The Kier molecular flexibility index (Phi) is 9.63. The highest BCUT2D eigenvalue weighted by molar-refractivity contribution is 6.01. The van der Waals surface area contributed by atoms with Crippen LogP contribution in [0.15, 0.2) is 66.7 Å². The Morgan fingerprint density at radius 2 is 1.78 bits per heavy atom. The maximum atomic E-state index is 13.6. The zero-order valence-electron chi connectivity index (χ0n) is 23.2. The number of allylic oxidation sites excluding steroid dienone is 1. The van der Waals surface area contributed by atoms with E-state index >= 15 is 0 Å². The standard InChI is InChI=1S/C32H34N4O5/c1-20(37)9-15-29(38)35-36-30(39)16-14-24-12-13-25-19-28(24)32(41)34-21(2)26-8-5-7-23-11-10-22(18-27(23)26)6-3-4-17-33-31(25)40/h5,7-13,15,18-19,21H,3-4,6,14,16-17H2,1-2H3,(H,33,40)(H,34,41)(H,35,38)(H,36,39)/b15-9+. The van der Waals surface area contributed by atoms with Gasteiger partial charge in [-0.2, -0.15) is 0 Å². The molecule has 1 unspecified atom stereocenters. The molecule has 1 aliphatic rings. The van der Waals surface area contributed by atoms with Gasteiger partial charge in [-0.25, -0.2) is 0 Å². The van der Waals surface area contributed by atoms with Crippen molar-refractivity contribution in [2.75, 3.05) is 6.54 Å². The topological polar surface area (TPSA) is 133 Å². The third kappa shape index (κ3) is 7.88. The fourth-order valence-electron chi connectivity index (χ4n) is 4.81. The van der Waals surface area contributed by atoms with Crippen LogP contribution in [0.3, 0.4) is 0 Å². The molecule has 3 aromatic rings. The zero-order valence-corrected chi connectivity index (χ0v) is 23.2. The summed E-state index contributed by atoms with van der Waals surface area (Å²) in [5, 5.41) is 8.20. The molecular formula is C32H34N4O5. The minimum absolute atomic E-state index is 0.0236. The average molecular weight is 555 g/mol. The molecule has 0 aromatic heterocycles. The first-order valence-corrected chi connectivity index (χ1v) is 13.7. The lowest BCUT2D eigenvalue weighted by molar-refractivity contribution is -0.126. The Labute approximate surface area is 238 Å². The predicted molar refractivity (Wildman–Crippen MR) is 156 cm³/mol. The lowest BCUT2D eigenvalue weighted by atomic mass is 9.95. The van der Waals surface area contributed by atoms with Crippen molar-refractivity contribution < 1.29 is 24.0 Å². The monoisotopic (exact) mass is 554 g/mol. The van der Waals surface area contributed by atoms with Gasteiger partial charge in [0, 0.05) is 30.2 Å². The van der Waals surface area contributed by atoms with Gasteiger partial charge in [-0.15, -0.1) is 0 Å². The van der Waals surface area contributed by atoms with Gasteiger partial charge in [0.15, 0.2) is 5.78 Å². The maximum absolute atomic E-state index is 13.6. The highest BCUT2D eigenvalue weighted by atomic mass is 16.2. The molecule has 0 saturated heterocycles. The van der Waals surface area contributed by atoms with Crippen molar-refractivity contribution in [3.05, 3.63) is 94.6 Å². The smallest absolute Gasteiger partial charge is 0.262 e. The summed E-state index contributed by atoms with van der Waals surface area (Å²) in [7, 11) is 0. The number of hydrazine groups is 1. The molecule has 0 fully saturated rings. The number of aryl methyl sites for hydroxylation is 2. The van der Waals surface area contributed by atoms with Crippen molar-refractivity contribution in [2.45, 2.75) is 52.0 Å². The molecule has 1 heterocycles. The first kappa shape index (κ1) is 29.2. The van der Waals surface area contributed by atoms with Gasteiger partial charge in [0.05, 0.1) is 6.04 Å². The van der Waals surface area contributed by atoms with Crippen LogP contribution in [0.1, 0.15) is 76.6 Å². The van der Waals surface area contributed by atoms with Crippen LogP contribution in [-0.4, -0.2) is 36.0 Å². The van der Waals surface area contributed by atoms with Crippen LogP contribution < -0.4 is 21.5 Å². The molecule has 1 aliphatic heterocycles. The summed E-state index contributed by atoms with van der Waals surface area (Å²) in [6.45, 7) is 3.75. The van der Waals surface area contributed by atoms with E-state index in [1.165, 1.54) is 12.5 Å². The van der Waals surface area contributed by atoms with Gasteiger partial charge in [0.1, 0.15) is 0 Å². The number of benzene rings is 3. The summed E-state index contributed by atoms with van der Waals surface area (Å²) in [5.41, 5.74) is 7.96. The zero-order chi connectivity index (χ0) is 29.4. The molecule has 4 rings (SSSR count). The van der Waals surface area contributed by atoms with Gasteiger partial charge < -0.3 is 10.6 Å². The SMILES string of the molecule is CC(=O)/C=C/C(=O)NNC(=O)CCc1ccc2cc1C(=O)NC(C)c1cccc3ccc(cc13)CCCCNC2=O. The van der Waals surface area contributed by atoms with Gasteiger partial charge in [-0.3, -0.25) is 34.8 Å². The van der Waals surface area contributed by atoms with E-state index in [1.54, 1.807) is 18.2 Å². The Morgan fingerprint density at radius 1 is 0.951 bits per heavy atom. The molecule has 0 spiro atoms. The molecule has 9 heteroatoms. The van der Waals surface area contributed by atoms with Crippen LogP contribution >= 0.6 is 0 Å². The molecule has 0 saturated carbocycles. The largest absolute Gasteiger partial charge is 0.352 e. The number of amides is 4. The molecule has 1 atom stereocenters. The van der Waals surface area contributed by atoms with Crippen molar-refractivity contribution in [3.63, 3.8) is 0 Å². The van der Waals surface area contributed by atoms with Crippen molar-refractivity contribution in [2.24, 2.45) is 0 Å². The quantitative estimate of drug-likeness (QED) is 0.282. The van der Waals surface area contributed by atoms with E-state index in [1.807, 2.05) is 19.1 Å². The van der Waals surface area contributed by atoms with E-state index in [2.05, 4.69) is 45.8 Å². The van der Waals surface area contributed by atoms with E-state index in [0.717, 1.165) is 47.8 Å². The van der Waals surface area contributed by atoms with Crippen LogP contribution in [0.25, 0.3) is 10.8 Å². The first-order chi connectivity index (χ1) is 19.7. The molecule has 4 bridgehead atoms. The van der Waals surface area contributed by atoms with Gasteiger partial charge >= 0.3 is 0 Å². The second-order valence-corrected chi connectivity index (χ2v) is 10.2. The molecule has 41 heavy (non-hydrogen) atoms. The highest BCUT2D eigenvalue weighted by Gasteiger charge is 2.20.